The van der Waals surface area contributed by atoms with Crippen molar-refractivity contribution < 1.29 is 0 Å². The fourth-order valence-corrected chi connectivity index (χ4v) is 3.58. The van der Waals surface area contributed by atoms with Crippen molar-refractivity contribution >= 4 is 0 Å². The molecule has 0 amide bonds. The molecule has 1 aliphatic carbocycles. The molecule has 0 radical (unpaired) electrons. The van der Waals surface area contributed by atoms with Gasteiger partial charge in [-0.15, -0.1) is 0 Å². The first-order valence-corrected chi connectivity index (χ1v) is 7.96. The number of aryl methyl sites for hydroxylation is 1. The largest absolute Gasteiger partial charge is 0.324 e. The van der Waals surface area contributed by atoms with Crippen molar-refractivity contribution in [1.29, 1.82) is 0 Å². The van der Waals surface area contributed by atoms with Crippen LogP contribution in [0.2, 0.25) is 0 Å². The topological polar surface area (TPSA) is 30.9 Å². The number of hydrogen-bond acceptors (Lipinski definition) is 1. The standard InChI is InChI=1S/C19H26N2/c1-13-12-14-16(20)9-7-11-17(14)21(13)18-10-6-5-8-15(18)19(2,3)4/h5-6,8,10,12,16H,7,9,11,20H2,1-4H3. The molecule has 3 rings (SSSR count). The zero-order valence-corrected chi connectivity index (χ0v) is 13.6. The number of hydrogen-bond donors (Lipinski definition) is 1. The third kappa shape index (κ3) is 2.42. The Balaban J connectivity index is 2.23. The molecule has 2 nitrogen and oxygen atoms in total. The summed E-state index contributed by atoms with van der Waals surface area (Å²) in [6, 6.07) is 11.3. The van der Waals surface area contributed by atoms with Crippen LogP contribution in [0.5, 0.6) is 0 Å². The molecule has 0 fully saturated rings. The van der Waals surface area contributed by atoms with Gasteiger partial charge in [-0.2, -0.15) is 0 Å². The van der Waals surface area contributed by atoms with Crippen LogP contribution < -0.4 is 5.73 Å². The third-order valence-corrected chi connectivity index (χ3v) is 4.60. The molecule has 1 atom stereocenters. The monoisotopic (exact) mass is 282 g/mol. The van der Waals surface area contributed by atoms with Crippen molar-refractivity contribution in [2.45, 2.75) is 58.4 Å². The number of nitrogens with zero attached hydrogens (tertiary/aromatic N) is 1. The van der Waals surface area contributed by atoms with Gasteiger partial charge < -0.3 is 10.3 Å². The number of aromatic nitrogens is 1. The average Bonchev–Trinajstić information content (AvgIpc) is 2.75. The highest BCUT2D eigenvalue weighted by Gasteiger charge is 2.25. The van der Waals surface area contributed by atoms with E-state index < -0.39 is 0 Å². The molecule has 2 heteroatoms. The lowest BCUT2D eigenvalue weighted by Gasteiger charge is -2.27. The van der Waals surface area contributed by atoms with Gasteiger partial charge in [0.15, 0.2) is 0 Å². The summed E-state index contributed by atoms with van der Waals surface area (Å²) in [6.45, 7) is 9.04. The second kappa shape index (κ2) is 5.03. The molecule has 0 saturated carbocycles. The molecule has 1 unspecified atom stereocenters. The van der Waals surface area contributed by atoms with Gasteiger partial charge in [0.05, 0.1) is 0 Å². The highest BCUT2D eigenvalue weighted by atomic mass is 15.0. The Labute approximate surface area is 128 Å². The van der Waals surface area contributed by atoms with Gasteiger partial charge in [0.1, 0.15) is 0 Å². The number of para-hydroxylation sites is 1. The number of fused-ring (bicyclic) bond motifs is 1. The number of rotatable bonds is 1. The van der Waals surface area contributed by atoms with Crippen LogP contribution in [-0.2, 0) is 11.8 Å². The van der Waals surface area contributed by atoms with E-state index in [0.29, 0.717) is 0 Å². The molecular formula is C19H26N2. The predicted octanol–water partition coefficient (Wildman–Crippen LogP) is 4.42. The number of nitrogens with two attached hydrogens (primary N) is 1. The Morgan fingerprint density at radius 1 is 1.19 bits per heavy atom. The van der Waals surface area contributed by atoms with Crippen molar-refractivity contribution in [2.75, 3.05) is 0 Å². The fourth-order valence-electron chi connectivity index (χ4n) is 3.58. The molecule has 2 aromatic rings. The van der Waals surface area contributed by atoms with Crippen LogP contribution in [0.15, 0.2) is 30.3 Å². The lowest BCUT2D eigenvalue weighted by atomic mass is 9.85. The van der Waals surface area contributed by atoms with Crippen molar-refractivity contribution in [1.82, 2.24) is 4.57 Å². The molecule has 1 aromatic carbocycles. The maximum absolute atomic E-state index is 6.32. The van der Waals surface area contributed by atoms with E-state index in [9.17, 15) is 0 Å². The lowest BCUT2D eigenvalue weighted by Crippen LogP contribution is -2.20. The highest BCUT2D eigenvalue weighted by molar-refractivity contribution is 5.50. The van der Waals surface area contributed by atoms with Crippen LogP contribution >= 0.6 is 0 Å². The fraction of sp³-hybridized carbons (Fsp3) is 0.474. The van der Waals surface area contributed by atoms with Crippen LogP contribution in [0.1, 0.15) is 62.2 Å². The molecule has 0 saturated heterocycles. The second-order valence-corrected chi connectivity index (χ2v) is 7.29. The van der Waals surface area contributed by atoms with E-state index in [4.69, 9.17) is 5.73 Å². The van der Waals surface area contributed by atoms with E-state index >= 15 is 0 Å². The first-order chi connectivity index (χ1) is 9.89. The van der Waals surface area contributed by atoms with Crippen LogP contribution in [0.25, 0.3) is 5.69 Å². The van der Waals surface area contributed by atoms with Gasteiger partial charge in [0.2, 0.25) is 0 Å². The van der Waals surface area contributed by atoms with Gasteiger partial charge in [-0.1, -0.05) is 39.0 Å². The maximum Gasteiger partial charge on any atom is 0.0492 e. The zero-order chi connectivity index (χ0) is 15.2. The van der Waals surface area contributed by atoms with Crippen LogP contribution in [0, 0.1) is 6.92 Å². The Morgan fingerprint density at radius 2 is 1.90 bits per heavy atom. The molecule has 0 aliphatic heterocycles. The maximum atomic E-state index is 6.32. The zero-order valence-electron chi connectivity index (χ0n) is 13.6. The predicted molar refractivity (Wildman–Crippen MR) is 89.1 cm³/mol. The minimum Gasteiger partial charge on any atom is -0.324 e. The molecule has 112 valence electrons. The molecule has 21 heavy (non-hydrogen) atoms. The lowest BCUT2D eigenvalue weighted by molar-refractivity contribution is 0.555. The third-order valence-electron chi connectivity index (χ3n) is 4.60. The van der Waals surface area contributed by atoms with Gasteiger partial charge in [-0.3, -0.25) is 0 Å². The summed E-state index contributed by atoms with van der Waals surface area (Å²) < 4.78 is 2.44. The van der Waals surface area contributed by atoms with Crippen molar-refractivity contribution in [2.24, 2.45) is 5.73 Å². The van der Waals surface area contributed by atoms with Crippen molar-refractivity contribution in [3.63, 3.8) is 0 Å². The minimum absolute atomic E-state index is 0.136. The second-order valence-electron chi connectivity index (χ2n) is 7.29. The Bertz CT molecular complexity index is 659. The van der Waals surface area contributed by atoms with Gasteiger partial charge in [-0.05, 0) is 54.9 Å². The normalized spacial score (nSPS) is 18.6. The van der Waals surface area contributed by atoms with Crippen LogP contribution in [-0.4, -0.2) is 4.57 Å². The van der Waals surface area contributed by atoms with Gasteiger partial charge in [0.25, 0.3) is 0 Å². The van der Waals surface area contributed by atoms with E-state index in [2.05, 4.69) is 62.6 Å². The Kier molecular flexibility index (Phi) is 3.45. The van der Waals surface area contributed by atoms with Crippen molar-refractivity contribution in [3.8, 4) is 5.69 Å². The average molecular weight is 282 g/mol. The minimum atomic E-state index is 0.136. The van der Waals surface area contributed by atoms with E-state index in [0.717, 1.165) is 12.8 Å². The summed E-state index contributed by atoms with van der Waals surface area (Å²) in [5, 5.41) is 0. The van der Waals surface area contributed by atoms with E-state index in [1.165, 1.54) is 34.6 Å². The van der Waals surface area contributed by atoms with Gasteiger partial charge >= 0.3 is 0 Å². The first-order valence-electron chi connectivity index (χ1n) is 7.96. The molecule has 2 N–H and O–H groups in total. The summed E-state index contributed by atoms with van der Waals surface area (Å²) in [4.78, 5) is 0. The quantitative estimate of drug-likeness (QED) is 0.824. The molecular weight excluding hydrogens is 256 g/mol. The SMILES string of the molecule is Cc1cc2c(n1-c1ccccc1C(C)(C)C)CCCC2N. The van der Waals surface area contributed by atoms with Crippen molar-refractivity contribution in [3.05, 3.63) is 52.8 Å². The van der Waals surface area contributed by atoms with Gasteiger partial charge in [0, 0.05) is 23.1 Å². The summed E-state index contributed by atoms with van der Waals surface area (Å²) >= 11 is 0. The summed E-state index contributed by atoms with van der Waals surface area (Å²) in [7, 11) is 0. The highest BCUT2D eigenvalue weighted by Crippen LogP contribution is 2.36. The molecule has 0 bridgehead atoms. The summed E-state index contributed by atoms with van der Waals surface area (Å²) in [5.41, 5.74) is 13.2. The summed E-state index contributed by atoms with van der Waals surface area (Å²) in [6.07, 6.45) is 3.43. The number of benzene rings is 1. The molecule has 1 aromatic heterocycles. The van der Waals surface area contributed by atoms with E-state index in [-0.39, 0.29) is 11.5 Å². The van der Waals surface area contributed by atoms with E-state index in [1.807, 2.05) is 0 Å². The van der Waals surface area contributed by atoms with Gasteiger partial charge in [-0.25, -0.2) is 0 Å². The first kappa shape index (κ1) is 14.4. The van der Waals surface area contributed by atoms with E-state index in [1.54, 1.807) is 0 Å². The smallest absolute Gasteiger partial charge is 0.0492 e. The molecule has 0 spiro atoms. The summed E-state index contributed by atoms with van der Waals surface area (Å²) in [5.74, 6) is 0. The van der Waals surface area contributed by atoms with Crippen LogP contribution in [0.4, 0.5) is 0 Å². The Morgan fingerprint density at radius 3 is 2.62 bits per heavy atom. The molecule has 1 aliphatic rings. The van der Waals surface area contributed by atoms with Crippen LogP contribution in [0.3, 0.4) is 0 Å². The molecule has 1 heterocycles. The Hall–Kier alpha value is -1.54.